The van der Waals surface area contributed by atoms with E-state index in [1.165, 1.54) is 11.1 Å². The van der Waals surface area contributed by atoms with E-state index in [2.05, 4.69) is 31.3 Å². The molecule has 2 amide bonds. The summed E-state index contributed by atoms with van der Waals surface area (Å²) in [5.41, 5.74) is 3.41. The monoisotopic (exact) mass is 426 g/mol. The van der Waals surface area contributed by atoms with Gasteiger partial charge in [0, 0.05) is 18.8 Å². The molecule has 0 spiro atoms. The van der Waals surface area contributed by atoms with E-state index in [1.807, 2.05) is 56.3 Å². The molecule has 0 fully saturated rings. The van der Waals surface area contributed by atoms with Gasteiger partial charge in [0.25, 0.3) is 0 Å². The Morgan fingerprint density at radius 1 is 1.00 bits per heavy atom. The Kier molecular flexibility index (Phi) is 9.95. The Morgan fingerprint density at radius 3 is 2.27 bits per heavy atom. The first-order chi connectivity index (χ1) is 14.4. The number of nitrogens with zero attached hydrogens (tertiary/aromatic N) is 1. The van der Waals surface area contributed by atoms with Crippen molar-refractivity contribution in [2.75, 3.05) is 12.3 Å². The van der Waals surface area contributed by atoms with E-state index < -0.39 is 6.04 Å². The highest BCUT2D eigenvalue weighted by molar-refractivity contribution is 7.99. The Morgan fingerprint density at radius 2 is 1.67 bits per heavy atom. The van der Waals surface area contributed by atoms with E-state index in [0.717, 1.165) is 11.3 Å². The van der Waals surface area contributed by atoms with Crippen LogP contribution in [0, 0.1) is 12.8 Å². The summed E-state index contributed by atoms with van der Waals surface area (Å²) in [6, 6.07) is 17.8. The molecule has 0 aliphatic heterocycles. The summed E-state index contributed by atoms with van der Waals surface area (Å²) in [7, 11) is 0. The third-order valence-corrected chi connectivity index (χ3v) is 5.87. The average Bonchev–Trinajstić information content (AvgIpc) is 2.74. The molecule has 1 N–H and O–H groups in total. The summed E-state index contributed by atoms with van der Waals surface area (Å²) >= 11 is 1.59. The zero-order valence-electron chi connectivity index (χ0n) is 18.6. The van der Waals surface area contributed by atoms with Crippen molar-refractivity contribution < 1.29 is 9.59 Å². The number of thioether (sulfide) groups is 1. The Labute approximate surface area is 185 Å². The van der Waals surface area contributed by atoms with Gasteiger partial charge in [0.1, 0.15) is 6.04 Å². The predicted octanol–water partition coefficient (Wildman–Crippen LogP) is 4.81. The zero-order valence-corrected chi connectivity index (χ0v) is 19.4. The number of benzene rings is 2. The highest BCUT2D eigenvalue weighted by atomic mass is 32.2. The van der Waals surface area contributed by atoms with Gasteiger partial charge in [-0.15, -0.1) is 11.8 Å². The third-order valence-electron chi connectivity index (χ3n) is 4.88. The summed E-state index contributed by atoms with van der Waals surface area (Å²) in [5.74, 6) is 1.44. The molecule has 0 aliphatic carbocycles. The molecule has 0 bridgehead atoms. The molecule has 0 radical (unpaired) electrons. The molecule has 2 aromatic rings. The molecule has 2 rings (SSSR count). The van der Waals surface area contributed by atoms with E-state index in [1.54, 1.807) is 16.7 Å². The number of carbonyl (C=O) groups excluding carboxylic acids is 2. The Hall–Kier alpha value is -2.27. The van der Waals surface area contributed by atoms with Crippen LogP contribution in [-0.2, 0) is 21.9 Å². The van der Waals surface area contributed by atoms with E-state index in [0.29, 0.717) is 31.2 Å². The van der Waals surface area contributed by atoms with Crippen molar-refractivity contribution in [2.45, 2.75) is 52.5 Å². The van der Waals surface area contributed by atoms with E-state index in [-0.39, 0.29) is 11.8 Å². The van der Waals surface area contributed by atoms with Gasteiger partial charge in [0.2, 0.25) is 11.8 Å². The third kappa shape index (κ3) is 7.86. The quantitative estimate of drug-likeness (QED) is 0.561. The fourth-order valence-corrected chi connectivity index (χ4v) is 4.02. The minimum Gasteiger partial charge on any atom is -0.354 e. The van der Waals surface area contributed by atoms with Crippen LogP contribution in [0.15, 0.2) is 54.6 Å². The Bertz CT molecular complexity index is 791. The van der Waals surface area contributed by atoms with Crippen molar-refractivity contribution in [3.05, 3.63) is 71.3 Å². The van der Waals surface area contributed by atoms with Crippen LogP contribution in [0.1, 0.15) is 43.9 Å². The molecule has 0 heterocycles. The van der Waals surface area contributed by atoms with Crippen molar-refractivity contribution in [1.29, 1.82) is 0 Å². The van der Waals surface area contributed by atoms with Gasteiger partial charge in [0.15, 0.2) is 0 Å². The van der Waals surface area contributed by atoms with E-state index in [9.17, 15) is 9.59 Å². The van der Waals surface area contributed by atoms with Gasteiger partial charge >= 0.3 is 0 Å². The molecule has 1 atom stereocenters. The SMILES string of the molecule is CC[C@@H](C(=O)NCC(C)C)N(Cc1ccc(C)cc1)C(=O)CSCc1ccccc1. The number of nitrogens with one attached hydrogen (secondary N) is 1. The van der Waals surface area contributed by atoms with Crippen LogP contribution < -0.4 is 5.32 Å². The lowest BCUT2D eigenvalue weighted by Crippen LogP contribution is -2.50. The smallest absolute Gasteiger partial charge is 0.242 e. The maximum Gasteiger partial charge on any atom is 0.242 e. The largest absolute Gasteiger partial charge is 0.354 e. The van der Waals surface area contributed by atoms with Crippen LogP contribution in [0.5, 0.6) is 0 Å². The molecule has 0 unspecified atom stereocenters. The molecule has 4 nitrogen and oxygen atoms in total. The summed E-state index contributed by atoms with van der Waals surface area (Å²) in [4.78, 5) is 27.8. The summed E-state index contributed by atoms with van der Waals surface area (Å²) in [6.45, 7) is 9.20. The predicted molar refractivity (Wildman–Crippen MR) is 126 cm³/mol. The topological polar surface area (TPSA) is 49.4 Å². The van der Waals surface area contributed by atoms with Crippen molar-refractivity contribution in [2.24, 2.45) is 5.92 Å². The van der Waals surface area contributed by atoms with Gasteiger partial charge in [-0.1, -0.05) is 80.9 Å². The first-order valence-corrected chi connectivity index (χ1v) is 11.8. The molecular weight excluding hydrogens is 392 g/mol. The van der Waals surface area contributed by atoms with Crippen molar-refractivity contribution in [3.63, 3.8) is 0 Å². The minimum atomic E-state index is -0.463. The lowest BCUT2D eigenvalue weighted by Gasteiger charge is -2.31. The molecule has 0 aromatic heterocycles. The van der Waals surface area contributed by atoms with Crippen molar-refractivity contribution in [3.8, 4) is 0 Å². The zero-order chi connectivity index (χ0) is 21.9. The maximum atomic E-state index is 13.2. The molecule has 5 heteroatoms. The van der Waals surface area contributed by atoms with Crippen LogP contribution in [0.2, 0.25) is 0 Å². The molecule has 30 heavy (non-hydrogen) atoms. The number of rotatable bonds is 11. The number of carbonyl (C=O) groups is 2. The van der Waals surface area contributed by atoms with Crippen LogP contribution in [0.25, 0.3) is 0 Å². The minimum absolute atomic E-state index is 0.00283. The Balaban J connectivity index is 2.10. The van der Waals surface area contributed by atoms with Gasteiger partial charge in [-0.05, 0) is 30.4 Å². The molecule has 2 aromatic carbocycles. The molecule has 0 saturated heterocycles. The summed E-state index contributed by atoms with van der Waals surface area (Å²) < 4.78 is 0. The maximum absolute atomic E-state index is 13.2. The van der Waals surface area contributed by atoms with E-state index >= 15 is 0 Å². The highest BCUT2D eigenvalue weighted by Crippen LogP contribution is 2.17. The highest BCUT2D eigenvalue weighted by Gasteiger charge is 2.28. The first kappa shape index (κ1) is 24.0. The lowest BCUT2D eigenvalue weighted by molar-refractivity contribution is -0.139. The fraction of sp³-hybridized carbons (Fsp3) is 0.440. The van der Waals surface area contributed by atoms with Crippen molar-refractivity contribution in [1.82, 2.24) is 10.2 Å². The average molecular weight is 427 g/mol. The van der Waals surface area contributed by atoms with Crippen molar-refractivity contribution >= 4 is 23.6 Å². The van der Waals surface area contributed by atoms with Crippen LogP contribution >= 0.6 is 11.8 Å². The lowest BCUT2D eigenvalue weighted by atomic mass is 10.1. The molecule has 0 saturated carbocycles. The number of amides is 2. The molecule has 0 aliphatic rings. The normalized spacial score (nSPS) is 11.9. The van der Waals surface area contributed by atoms with Crippen LogP contribution in [0.3, 0.4) is 0 Å². The number of hydrogen-bond donors (Lipinski definition) is 1. The van der Waals surface area contributed by atoms with E-state index in [4.69, 9.17) is 0 Å². The second-order valence-corrected chi connectivity index (χ2v) is 9.03. The second kappa shape index (κ2) is 12.4. The second-order valence-electron chi connectivity index (χ2n) is 8.05. The van der Waals surface area contributed by atoms with Gasteiger partial charge in [-0.25, -0.2) is 0 Å². The van der Waals surface area contributed by atoms with Gasteiger partial charge in [-0.2, -0.15) is 0 Å². The summed E-state index contributed by atoms with van der Waals surface area (Å²) in [5, 5.41) is 3.01. The van der Waals surface area contributed by atoms with Crippen LogP contribution in [0.4, 0.5) is 0 Å². The first-order valence-electron chi connectivity index (χ1n) is 10.6. The van der Waals surface area contributed by atoms with Gasteiger partial charge in [0.05, 0.1) is 5.75 Å². The van der Waals surface area contributed by atoms with Gasteiger partial charge in [-0.3, -0.25) is 9.59 Å². The number of aryl methyl sites for hydroxylation is 1. The fourth-order valence-electron chi connectivity index (χ4n) is 3.15. The summed E-state index contributed by atoms with van der Waals surface area (Å²) in [6.07, 6.45) is 0.588. The number of hydrogen-bond acceptors (Lipinski definition) is 3. The standard InChI is InChI=1S/C25H34N2O2S/c1-5-23(25(29)26-15-19(2)3)27(16-21-13-11-20(4)12-14-21)24(28)18-30-17-22-9-7-6-8-10-22/h6-14,19,23H,5,15-18H2,1-4H3,(H,26,29)/t23-/m0/s1. The van der Waals surface area contributed by atoms with Crippen LogP contribution in [-0.4, -0.2) is 35.1 Å². The van der Waals surface area contributed by atoms with Gasteiger partial charge < -0.3 is 10.2 Å². The molecular formula is C25H34N2O2S. The molecule has 162 valence electrons.